The molecule has 1 fully saturated rings. The third kappa shape index (κ3) is 3.05. The molecule has 1 unspecified atom stereocenters. The Bertz CT molecular complexity index is 484. The molecule has 0 spiro atoms. The van der Waals surface area contributed by atoms with Crippen LogP contribution in [0.4, 0.5) is 4.79 Å². The van der Waals surface area contributed by atoms with Crippen molar-refractivity contribution in [3.8, 4) is 5.75 Å². The Morgan fingerprint density at radius 2 is 1.95 bits per heavy atom. The van der Waals surface area contributed by atoms with Crippen molar-refractivity contribution in [2.75, 3.05) is 13.2 Å². The molecule has 5 heteroatoms. The van der Waals surface area contributed by atoms with E-state index in [0.717, 1.165) is 11.3 Å². The van der Waals surface area contributed by atoms with Gasteiger partial charge >= 0.3 is 6.03 Å². The number of nitrogens with one attached hydrogen (secondary N) is 2. The molecule has 0 saturated carbocycles. The molecule has 1 atom stereocenters. The molecule has 0 aliphatic carbocycles. The first-order chi connectivity index (χ1) is 9.03. The van der Waals surface area contributed by atoms with Gasteiger partial charge in [-0.1, -0.05) is 12.1 Å². The van der Waals surface area contributed by atoms with Crippen LogP contribution in [0, 0.1) is 5.41 Å². The van der Waals surface area contributed by atoms with Crippen molar-refractivity contribution in [1.29, 1.82) is 0 Å². The van der Waals surface area contributed by atoms with Crippen LogP contribution in [-0.4, -0.2) is 25.1 Å². The summed E-state index contributed by atoms with van der Waals surface area (Å²) in [6.07, 6.45) is 0.575. The Hall–Kier alpha value is -2.04. The van der Waals surface area contributed by atoms with Crippen LogP contribution in [0.5, 0.6) is 5.75 Å². The van der Waals surface area contributed by atoms with E-state index in [-0.39, 0.29) is 5.91 Å². The molecule has 0 bridgehead atoms. The highest BCUT2D eigenvalue weighted by Crippen LogP contribution is 2.25. The van der Waals surface area contributed by atoms with Gasteiger partial charge in [0.2, 0.25) is 5.91 Å². The predicted molar refractivity (Wildman–Crippen MR) is 71.0 cm³/mol. The van der Waals surface area contributed by atoms with E-state index < -0.39 is 11.4 Å². The van der Waals surface area contributed by atoms with Gasteiger partial charge in [-0.15, -0.1) is 0 Å². The first kappa shape index (κ1) is 13.4. The summed E-state index contributed by atoms with van der Waals surface area (Å²) in [5.74, 6) is 0.586. The van der Waals surface area contributed by atoms with Crippen LogP contribution in [0.2, 0.25) is 0 Å². The van der Waals surface area contributed by atoms with Crippen LogP contribution < -0.4 is 15.4 Å². The zero-order valence-electron chi connectivity index (χ0n) is 11.2. The van der Waals surface area contributed by atoms with Crippen LogP contribution in [0.25, 0.3) is 0 Å². The van der Waals surface area contributed by atoms with Crippen LogP contribution in [0.3, 0.4) is 0 Å². The smallest absolute Gasteiger partial charge is 0.321 e. The number of ether oxygens (including phenoxy) is 1. The number of benzene rings is 1. The summed E-state index contributed by atoms with van der Waals surface area (Å²) in [7, 11) is 0. The molecule has 102 valence electrons. The maximum Gasteiger partial charge on any atom is 0.321 e. The van der Waals surface area contributed by atoms with E-state index in [2.05, 4.69) is 10.6 Å². The maximum atomic E-state index is 11.9. The fourth-order valence-corrected chi connectivity index (χ4v) is 2.12. The SMILES string of the molecule is CCOc1ccc(CC2(C)CNC(=O)NC2=O)cc1. The number of imide groups is 1. The van der Waals surface area contributed by atoms with Crippen molar-refractivity contribution < 1.29 is 14.3 Å². The molecular formula is C14H18N2O3. The lowest BCUT2D eigenvalue weighted by Gasteiger charge is -2.32. The lowest BCUT2D eigenvalue weighted by Crippen LogP contribution is -2.58. The summed E-state index contributed by atoms with van der Waals surface area (Å²) in [4.78, 5) is 23.0. The summed E-state index contributed by atoms with van der Waals surface area (Å²) in [6.45, 7) is 4.76. The average molecular weight is 262 g/mol. The monoisotopic (exact) mass is 262 g/mol. The van der Waals surface area contributed by atoms with Gasteiger partial charge in [0.1, 0.15) is 5.75 Å². The maximum absolute atomic E-state index is 11.9. The molecule has 0 aromatic heterocycles. The van der Waals surface area contributed by atoms with Gasteiger partial charge in [-0.25, -0.2) is 4.79 Å². The van der Waals surface area contributed by atoms with Crippen LogP contribution in [0.15, 0.2) is 24.3 Å². The first-order valence-corrected chi connectivity index (χ1v) is 6.34. The van der Waals surface area contributed by atoms with Gasteiger partial charge in [0.25, 0.3) is 0 Å². The van der Waals surface area contributed by atoms with Gasteiger partial charge in [0.15, 0.2) is 0 Å². The molecule has 19 heavy (non-hydrogen) atoms. The minimum atomic E-state index is -0.610. The minimum absolute atomic E-state index is 0.231. The second kappa shape index (κ2) is 5.30. The molecule has 2 N–H and O–H groups in total. The summed E-state index contributed by atoms with van der Waals surface area (Å²) < 4.78 is 5.37. The summed E-state index contributed by atoms with van der Waals surface area (Å²) in [6, 6.07) is 7.25. The van der Waals surface area contributed by atoms with E-state index in [9.17, 15) is 9.59 Å². The number of amides is 3. The molecule has 1 aromatic carbocycles. The lowest BCUT2D eigenvalue weighted by atomic mass is 9.81. The van der Waals surface area contributed by atoms with Crippen molar-refractivity contribution in [3.05, 3.63) is 29.8 Å². The zero-order valence-corrected chi connectivity index (χ0v) is 11.2. The number of carbonyl (C=O) groups excluding carboxylic acids is 2. The Labute approximate surface area is 112 Å². The molecule has 1 aliphatic rings. The fraction of sp³-hybridized carbons (Fsp3) is 0.429. The minimum Gasteiger partial charge on any atom is -0.494 e. The zero-order chi connectivity index (χ0) is 13.9. The third-order valence-electron chi connectivity index (χ3n) is 3.24. The highest BCUT2D eigenvalue weighted by atomic mass is 16.5. The van der Waals surface area contributed by atoms with E-state index >= 15 is 0 Å². The summed E-state index contributed by atoms with van der Waals surface area (Å²) in [5.41, 5.74) is 0.429. The van der Waals surface area contributed by atoms with E-state index in [1.54, 1.807) is 0 Å². The lowest BCUT2D eigenvalue weighted by molar-refractivity contribution is -0.129. The van der Waals surface area contributed by atoms with Gasteiger partial charge in [0.05, 0.1) is 12.0 Å². The molecule has 5 nitrogen and oxygen atoms in total. The molecule has 1 aliphatic heterocycles. The largest absolute Gasteiger partial charge is 0.494 e. The van der Waals surface area contributed by atoms with Crippen molar-refractivity contribution in [3.63, 3.8) is 0 Å². The Morgan fingerprint density at radius 3 is 2.53 bits per heavy atom. The van der Waals surface area contributed by atoms with Crippen LogP contribution in [-0.2, 0) is 11.2 Å². The summed E-state index contributed by atoms with van der Waals surface area (Å²) >= 11 is 0. The standard InChI is InChI=1S/C14H18N2O3/c1-3-19-11-6-4-10(5-7-11)8-14(2)9-15-13(18)16-12(14)17/h4-7H,3,8-9H2,1-2H3,(H2,15,16,17,18). The van der Waals surface area contributed by atoms with Crippen LogP contribution >= 0.6 is 0 Å². The molecule has 1 saturated heterocycles. The highest BCUT2D eigenvalue weighted by Gasteiger charge is 2.38. The second-order valence-corrected chi connectivity index (χ2v) is 4.95. The normalized spacial score (nSPS) is 22.6. The fourth-order valence-electron chi connectivity index (χ4n) is 2.12. The number of rotatable bonds is 4. The number of hydrogen-bond acceptors (Lipinski definition) is 3. The average Bonchev–Trinajstić information content (AvgIpc) is 2.38. The third-order valence-corrected chi connectivity index (χ3v) is 3.24. The van der Waals surface area contributed by atoms with E-state index in [0.29, 0.717) is 19.6 Å². The molecule has 0 radical (unpaired) electrons. The van der Waals surface area contributed by atoms with Gasteiger partial charge in [-0.3, -0.25) is 10.1 Å². The highest BCUT2D eigenvalue weighted by molar-refractivity contribution is 5.99. The molecule has 1 aromatic rings. The topological polar surface area (TPSA) is 67.4 Å². The van der Waals surface area contributed by atoms with Gasteiger partial charge in [-0.05, 0) is 38.0 Å². The number of hydrogen-bond donors (Lipinski definition) is 2. The number of urea groups is 1. The van der Waals surface area contributed by atoms with E-state index in [1.165, 1.54) is 0 Å². The quantitative estimate of drug-likeness (QED) is 0.863. The Balaban J connectivity index is 2.07. The predicted octanol–water partition coefficient (Wildman–Crippen LogP) is 1.47. The molecule has 3 amide bonds. The van der Waals surface area contributed by atoms with Crippen LogP contribution in [0.1, 0.15) is 19.4 Å². The number of carbonyl (C=O) groups is 2. The van der Waals surface area contributed by atoms with Crippen molar-refractivity contribution in [2.24, 2.45) is 5.41 Å². The first-order valence-electron chi connectivity index (χ1n) is 6.34. The summed E-state index contributed by atoms with van der Waals surface area (Å²) in [5, 5.41) is 4.97. The van der Waals surface area contributed by atoms with Crippen molar-refractivity contribution in [1.82, 2.24) is 10.6 Å². The van der Waals surface area contributed by atoms with E-state index in [1.807, 2.05) is 38.1 Å². The van der Waals surface area contributed by atoms with Gasteiger partial charge < -0.3 is 10.1 Å². The van der Waals surface area contributed by atoms with Gasteiger partial charge in [0, 0.05) is 6.54 Å². The Morgan fingerprint density at radius 1 is 1.26 bits per heavy atom. The molecule has 2 rings (SSSR count). The second-order valence-electron chi connectivity index (χ2n) is 4.95. The molecule has 1 heterocycles. The Kier molecular flexibility index (Phi) is 3.74. The van der Waals surface area contributed by atoms with Crippen molar-refractivity contribution >= 4 is 11.9 Å². The van der Waals surface area contributed by atoms with Crippen molar-refractivity contribution in [2.45, 2.75) is 20.3 Å². The molecular weight excluding hydrogens is 244 g/mol. The van der Waals surface area contributed by atoms with E-state index in [4.69, 9.17) is 4.74 Å². The van der Waals surface area contributed by atoms with Gasteiger partial charge in [-0.2, -0.15) is 0 Å².